The van der Waals surface area contributed by atoms with Gasteiger partial charge in [-0.15, -0.1) is 0 Å². The predicted molar refractivity (Wildman–Crippen MR) is 149 cm³/mol. The zero-order chi connectivity index (χ0) is 29.1. The Balaban J connectivity index is 1.38. The number of methoxy groups -OCH3 is 1. The number of ketones is 1. The summed E-state index contributed by atoms with van der Waals surface area (Å²) in [6.45, 7) is 9.55. The lowest BCUT2D eigenvalue weighted by atomic mass is 9.46. The maximum Gasteiger partial charge on any atom is 0.159 e. The van der Waals surface area contributed by atoms with Gasteiger partial charge < -0.3 is 34.6 Å². The summed E-state index contributed by atoms with van der Waals surface area (Å²) in [5, 5.41) is 45.9. The molecule has 228 valence electrons. The Kier molecular flexibility index (Phi) is 8.41. The van der Waals surface area contributed by atoms with Gasteiger partial charge in [0.05, 0.1) is 30.0 Å². The van der Waals surface area contributed by atoms with Crippen LogP contribution in [0.4, 0.5) is 0 Å². The van der Waals surface area contributed by atoms with Gasteiger partial charge in [-0.1, -0.05) is 20.8 Å². The van der Waals surface area contributed by atoms with Crippen molar-refractivity contribution in [2.75, 3.05) is 33.5 Å². The second-order valence-electron chi connectivity index (χ2n) is 14.4. The molecule has 4 aliphatic carbocycles. The molecule has 0 bridgehead atoms. The number of rotatable bonds is 9. The van der Waals surface area contributed by atoms with Crippen molar-refractivity contribution >= 4 is 5.78 Å². The molecule has 1 aliphatic heterocycles. The molecule has 0 unspecified atom stereocenters. The van der Waals surface area contributed by atoms with Crippen LogP contribution in [0.25, 0.3) is 0 Å². The van der Waals surface area contributed by atoms with Gasteiger partial charge >= 0.3 is 0 Å². The van der Waals surface area contributed by atoms with Gasteiger partial charge in [0.15, 0.2) is 5.78 Å². The van der Waals surface area contributed by atoms with Crippen molar-refractivity contribution in [3.05, 3.63) is 11.6 Å². The van der Waals surface area contributed by atoms with E-state index >= 15 is 0 Å². The molecule has 12 atom stereocenters. The van der Waals surface area contributed by atoms with Crippen molar-refractivity contribution in [2.45, 2.75) is 109 Å². The van der Waals surface area contributed by atoms with Crippen molar-refractivity contribution < 1.29 is 39.4 Å². The smallest absolute Gasteiger partial charge is 0.159 e. The predicted octanol–water partition coefficient (Wildman–Crippen LogP) is 3.04. The Bertz CT molecular complexity index is 980. The quantitative estimate of drug-likeness (QED) is 0.315. The largest absolute Gasteiger partial charge is 0.396 e. The lowest BCUT2D eigenvalue weighted by molar-refractivity contribution is -0.194. The van der Waals surface area contributed by atoms with E-state index in [0.717, 1.165) is 31.3 Å². The van der Waals surface area contributed by atoms with Gasteiger partial charge in [0, 0.05) is 44.2 Å². The van der Waals surface area contributed by atoms with E-state index < -0.39 is 34.7 Å². The molecule has 4 fully saturated rings. The van der Waals surface area contributed by atoms with Crippen LogP contribution in [0.1, 0.15) is 79.1 Å². The van der Waals surface area contributed by atoms with E-state index in [9.17, 15) is 25.2 Å². The van der Waals surface area contributed by atoms with Crippen molar-refractivity contribution in [2.24, 2.45) is 40.4 Å². The number of hydrogen-bond acceptors (Lipinski definition) is 8. The van der Waals surface area contributed by atoms with Crippen molar-refractivity contribution in [1.29, 1.82) is 0 Å². The highest BCUT2D eigenvalue weighted by Crippen LogP contribution is 2.68. The fraction of sp³-hybridized carbons (Fsp3) is 0.906. The standard InChI is InChI=1S/C32H52O8/c1-19-18-40-27(21(19)17-33)28(35)31(4,36)26-9-12-32(37)23-16-25(34)24-15-20(39-14-6-13-38-5)7-10-29(24,2)22(23)8-11-30(26,32)3/h16,19-22,24,26-28,33,35-37H,6-15,17-18H2,1-5H3/t19-,20-,21+,22-,24-,26-,27-,28+,29+,30+,31-,32+/m0/s1. The lowest BCUT2D eigenvalue weighted by Crippen LogP contribution is -2.63. The van der Waals surface area contributed by atoms with Crippen molar-refractivity contribution in [3.8, 4) is 0 Å². The van der Waals surface area contributed by atoms with Gasteiger partial charge in [-0.05, 0) is 93.1 Å². The zero-order valence-corrected chi connectivity index (χ0v) is 25.1. The van der Waals surface area contributed by atoms with E-state index in [0.29, 0.717) is 45.5 Å². The maximum absolute atomic E-state index is 13.7. The van der Waals surface area contributed by atoms with E-state index in [-0.39, 0.29) is 47.6 Å². The summed E-state index contributed by atoms with van der Waals surface area (Å²) in [6, 6.07) is 0. The van der Waals surface area contributed by atoms with Gasteiger partial charge in [-0.2, -0.15) is 0 Å². The van der Waals surface area contributed by atoms with E-state index in [2.05, 4.69) is 6.92 Å². The molecule has 1 saturated heterocycles. The van der Waals surface area contributed by atoms with Crippen molar-refractivity contribution in [1.82, 2.24) is 0 Å². The minimum atomic E-state index is -1.53. The topological polar surface area (TPSA) is 126 Å². The third-order valence-corrected chi connectivity index (χ3v) is 12.4. The summed E-state index contributed by atoms with van der Waals surface area (Å²) in [4.78, 5) is 13.7. The molecule has 8 heteroatoms. The molecule has 4 N–H and O–H groups in total. The number of ether oxygens (including phenoxy) is 3. The summed E-state index contributed by atoms with van der Waals surface area (Å²) in [6.07, 6.45) is 5.84. The van der Waals surface area contributed by atoms with Gasteiger partial charge in [-0.3, -0.25) is 4.79 Å². The van der Waals surface area contributed by atoms with Gasteiger partial charge in [0.25, 0.3) is 0 Å². The Labute approximate surface area is 239 Å². The Morgan fingerprint density at radius 3 is 2.60 bits per heavy atom. The summed E-state index contributed by atoms with van der Waals surface area (Å²) >= 11 is 0. The van der Waals surface area contributed by atoms with Crippen LogP contribution < -0.4 is 0 Å². The second kappa shape index (κ2) is 11.0. The molecule has 40 heavy (non-hydrogen) atoms. The van der Waals surface area contributed by atoms with Crippen molar-refractivity contribution in [3.63, 3.8) is 0 Å². The lowest BCUT2D eigenvalue weighted by Gasteiger charge is -2.60. The zero-order valence-electron chi connectivity index (χ0n) is 25.1. The van der Waals surface area contributed by atoms with Crippen LogP contribution in [-0.4, -0.2) is 89.3 Å². The van der Waals surface area contributed by atoms with Crippen LogP contribution >= 0.6 is 0 Å². The van der Waals surface area contributed by atoms with E-state index in [1.807, 2.05) is 13.8 Å². The van der Waals surface area contributed by atoms with Crippen LogP contribution in [0.2, 0.25) is 0 Å². The highest BCUT2D eigenvalue weighted by atomic mass is 16.5. The molecule has 1 heterocycles. The highest BCUT2D eigenvalue weighted by molar-refractivity contribution is 5.95. The van der Waals surface area contributed by atoms with Crippen LogP contribution in [0.5, 0.6) is 0 Å². The minimum Gasteiger partial charge on any atom is -0.396 e. The first-order valence-electron chi connectivity index (χ1n) is 15.6. The third kappa shape index (κ3) is 4.56. The van der Waals surface area contributed by atoms with Crippen LogP contribution in [0, 0.1) is 40.4 Å². The van der Waals surface area contributed by atoms with Gasteiger partial charge in [-0.25, -0.2) is 0 Å². The monoisotopic (exact) mass is 564 g/mol. The minimum absolute atomic E-state index is 0.0708. The molecule has 0 aromatic rings. The number of fused-ring (bicyclic) bond motifs is 5. The molecular weight excluding hydrogens is 512 g/mol. The average Bonchev–Trinajstić information content (AvgIpc) is 3.43. The molecule has 0 spiro atoms. The van der Waals surface area contributed by atoms with E-state index in [1.165, 1.54) is 0 Å². The van der Waals surface area contributed by atoms with Crippen LogP contribution in [-0.2, 0) is 19.0 Å². The molecule has 0 amide bonds. The summed E-state index contributed by atoms with van der Waals surface area (Å²) in [5.74, 6) is -0.475. The van der Waals surface area contributed by atoms with E-state index in [4.69, 9.17) is 14.2 Å². The highest BCUT2D eigenvalue weighted by Gasteiger charge is 2.69. The summed E-state index contributed by atoms with van der Waals surface area (Å²) < 4.78 is 17.1. The molecule has 0 aromatic heterocycles. The number of aliphatic hydroxyl groups is 4. The van der Waals surface area contributed by atoms with E-state index in [1.54, 1.807) is 20.1 Å². The van der Waals surface area contributed by atoms with Gasteiger partial charge in [0.1, 0.15) is 6.10 Å². The Morgan fingerprint density at radius 1 is 1.15 bits per heavy atom. The van der Waals surface area contributed by atoms with Crippen LogP contribution in [0.15, 0.2) is 11.6 Å². The first-order chi connectivity index (χ1) is 18.8. The molecule has 5 rings (SSSR count). The second-order valence-corrected chi connectivity index (χ2v) is 14.4. The number of carbonyl (C=O) groups is 1. The molecular formula is C32H52O8. The Hall–Kier alpha value is -0.870. The SMILES string of the molecule is COCCCO[C@H]1CC[C@@]2(C)[C@@H](C1)C(=O)C=C1[C@@H]2CC[C@]2(C)[C@@H]([C@](C)(O)[C@H](O)[C@H]3OC[C@H](C)[C@H]3CO)CC[C@@]12O. The summed E-state index contributed by atoms with van der Waals surface area (Å²) in [5.41, 5.74) is -2.84. The first-order valence-corrected chi connectivity index (χ1v) is 15.6. The Morgan fingerprint density at radius 2 is 1.90 bits per heavy atom. The number of allylic oxidation sites excluding steroid dienone is 1. The average molecular weight is 565 g/mol. The normalized spacial score (nSPS) is 47.2. The molecule has 8 nitrogen and oxygen atoms in total. The fourth-order valence-electron chi connectivity index (χ4n) is 9.83. The number of aliphatic hydroxyl groups excluding tert-OH is 2. The molecule has 0 radical (unpaired) electrons. The molecule has 0 aromatic carbocycles. The van der Waals surface area contributed by atoms with Gasteiger partial charge in [0.2, 0.25) is 0 Å². The molecule has 5 aliphatic rings. The maximum atomic E-state index is 13.7. The third-order valence-electron chi connectivity index (χ3n) is 12.4. The fourth-order valence-corrected chi connectivity index (χ4v) is 9.83. The van der Waals surface area contributed by atoms with Crippen LogP contribution in [0.3, 0.4) is 0 Å². The molecule has 3 saturated carbocycles. The summed E-state index contributed by atoms with van der Waals surface area (Å²) in [7, 11) is 1.69. The number of hydrogen-bond donors (Lipinski definition) is 4. The first kappa shape index (κ1) is 30.6. The number of carbonyl (C=O) groups excluding carboxylic acids is 1.